The highest BCUT2D eigenvalue weighted by Crippen LogP contribution is 2.32. The van der Waals surface area contributed by atoms with Gasteiger partial charge in [-0.15, -0.1) is 21.5 Å². The van der Waals surface area contributed by atoms with E-state index in [4.69, 9.17) is 4.42 Å². The van der Waals surface area contributed by atoms with Crippen molar-refractivity contribution in [2.24, 2.45) is 0 Å². The van der Waals surface area contributed by atoms with Crippen LogP contribution in [0.15, 0.2) is 16.0 Å². The number of carbonyl (C=O) groups is 1. The molecule has 1 saturated heterocycles. The Hall–Kier alpha value is -2.01. The molecule has 1 aliphatic rings. The minimum absolute atomic E-state index is 0.00853. The van der Waals surface area contributed by atoms with Gasteiger partial charge >= 0.3 is 12.1 Å². The SMILES string of the molecule is O=C(CN1CCC(c2nnc(C(F)(F)F)o2)CC1)Nc1nccs1. The molecular formula is C13H14F3N5O2S. The average molecular weight is 361 g/mol. The summed E-state index contributed by atoms with van der Waals surface area (Å²) in [5.74, 6) is -1.69. The summed E-state index contributed by atoms with van der Waals surface area (Å²) in [5.41, 5.74) is 0. The summed E-state index contributed by atoms with van der Waals surface area (Å²) in [7, 11) is 0. The van der Waals surface area contributed by atoms with Crippen LogP contribution in [-0.4, -0.2) is 45.6 Å². The zero-order valence-electron chi connectivity index (χ0n) is 12.4. The van der Waals surface area contributed by atoms with Crippen LogP contribution in [0.25, 0.3) is 0 Å². The predicted molar refractivity (Wildman–Crippen MR) is 78.5 cm³/mol. The predicted octanol–water partition coefficient (Wildman–Crippen LogP) is 2.36. The Balaban J connectivity index is 1.49. The van der Waals surface area contributed by atoms with Crippen LogP contribution in [0, 0.1) is 0 Å². The van der Waals surface area contributed by atoms with Crippen molar-refractivity contribution in [3.8, 4) is 0 Å². The topological polar surface area (TPSA) is 84.2 Å². The Morgan fingerprint density at radius 3 is 2.71 bits per heavy atom. The Morgan fingerprint density at radius 2 is 2.12 bits per heavy atom. The summed E-state index contributed by atoms with van der Waals surface area (Å²) in [4.78, 5) is 17.8. The van der Waals surface area contributed by atoms with Crippen molar-refractivity contribution >= 4 is 22.4 Å². The number of hydrogen-bond acceptors (Lipinski definition) is 7. The first-order valence-corrected chi connectivity index (χ1v) is 8.12. The first-order valence-electron chi connectivity index (χ1n) is 7.24. The molecule has 1 aliphatic heterocycles. The Morgan fingerprint density at radius 1 is 1.38 bits per heavy atom. The fourth-order valence-electron chi connectivity index (χ4n) is 2.50. The highest BCUT2D eigenvalue weighted by atomic mass is 32.1. The number of carbonyl (C=O) groups excluding carboxylic acids is 1. The van der Waals surface area contributed by atoms with Gasteiger partial charge in [-0.3, -0.25) is 9.69 Å². The van der Waals surface area contributed by atoms with Crippen molar-refractivity contribution in [3.63, 3.8) is 0 Å². The molecule has 0 spiro atoms. The molecule has 1 N–H and O–H groups in total. The van der Waals surface area contributed by atoms with E-state index in [2.05, 4.69) is 20.5 Å². The number of halogens is 3. The molecule has 2 aromatic heterocycles. The normalized spacial score (nSPS) is 17.1. The number of nitrogens with zero attached hydrogens (tertiary/aromatic N) is 4. The third-order valence-corrected chi connectivity index (χ3v) is 4.35. The monoisotopic (exact) mass is 361 g/mol. The van der Waals surface area contributed by atoms with Gasteiger partial charge in [0.2, 0.25) is 11.8 Å². The van der Waals surface area contributed by atoms with Crippen LogP contribution in [0.2, 0.25) is 0 Å². The third-order valence-electron chi connectivity index (χ3n) is 3.67. The van der Waals surface area contributed by atoms with E-state index < -0.39 is 12.1 Å². The van der Waals surface area contributed by atoms with E-state index in [-0.39, 0.29) is 24.3 Å². The Bertz CT molecular complexity index is 680. The molecule has 0 saturated carbocycles. The van der Waals surface area contributed by atoms with E-state index in [1.807, 2.05) is 4.90 Å². The molecule has 0 unspecified atom stereocenters. The number of anilines is 1. The van der Waals surface area contributed by atoms with Crippen LogP contribution in [-0.2, 0) is 11.0 Å². The van der Waals surface area contributed by atoms with Crippen LogP contribution in [0.5, 0.6) is 0 Å². The van der Waals surface area contributed by atoms with Crippen LogP contribution >= 0.6 is 11.3 Å². The van der Waals surface area contributed by atoms with Crippen LogP contribution < -0.4 is 5.32 Å². The molecule has 3 rings (SSSR count). The molecule has 0 radical (unpaired) electrons. The zero-order chi connectivity index (χ0) is 17.2. The van der Waals surface area contributed by atoms with Gasteiger partial charge in [0.15, 0.2) is 5.13 Å². The largest absolute Gasteiger partial charge is 0.470 e. The highest BCUT2D eigenvalue weighted by molar-refractivity contribution is 7.13. The van der Waals surface area contributed by atoms with E-state index in [1.54, 1.807) is 11.6 Å². The van der Waals surface area contributed by atoms with Gasteiger partial charge in [-0.05, 0) is 25.9 Å². The van der Waals surface area contributed by atoms with Crippen molar-refractivity contribution in [3.05, 3.63) is 23.4 Å². The summed E-state index contributed by atoms with van der Waals surface area (Å²) in [6.45, 7) is 1.35. The standard InChI is InChI=1S/C13H14F3N5O2S/c14-13(15,16)11-20-19-10(23-11)8-1-4-21(5-2-8)7-9(22)18-12-17-3-6-24-12/h3,6,8H,1-2,4-5,7H2,(H,17,18,22). The second-order valence-corrected chi connectivity index (χ2v) is 6.27. The zero-order valence-corrected chi connectivity index (χ0v) is 13.2. The quantitative estimate of drug-likeness (QED) is 0.900. The van der Waals surface area contributed by atoms with Gasteiger partial charge in [0.05, 0.1) is 6.54 Å². The number of thiazole rings is 1. The lowest BCUT2D eigenvalue weighted by Gasteiger charge is -2.29. The molecule has 1 fully saturated rings. The van der Waals surface area contributed by atoms with Crippen molar-refractivity contribution < 1.29 is 22.4 Å². The third kappa shape index (κ3) is 4.09. The fraction of sp³-hybridized carbons (Fsp3) is 0.538. The number of aromatic nitrogens is 3. The van der Waals surface area contributed by atoms with Gasteiger partial charge in [0, 0.05) is 17.5 Å². The van der Waals surface area contributed by atoms with Gasteiger partial charge in [-0.1, -0.05) is 0 Å². The van der Waals surface area contributed by atoms with E-state index in [9.17, 15) is 18.0 Å². The smallest absolute Gasteiger partial charge is 0.417 e. The molecule has 1 amide bonds. The van der Waals surface area contributed by atoms with E-state index >= 15 is 0 Å². The average Bonchev–Trinajstić information content (AvgIpc) is 3.18. The minimum Gasteiger partial charge on any atom is -0.417 e. The fourth-order valence-corrected chi connectivity index (χ4v) is 3.04. The van der Waals surface area contributed by atoms with Crippen molar-refractivity contribution in [2.45, 2.75) is 24.9 Å². The Kier molecular flexibility index (Phi) is 4.81. The maximum absolute atomic E-state index is 12.5. The number of hydrogen-bond donors (Lipinski definition) is 1. The van der Waals surface area contributed by atoms with Gasteiger partial charge in [0.25, 0.3) is 0 Å². The summed E-state index contributed by atoms with van der Waals surface area (Å²) in [6, 6.07) is 0. The molecule has 0 atom stereocenters. The number of amides is 1. The van der Waals surface area contributed by atoms with Crippen molar-refractivity contribution in [1.29, 1.82) is 0 Å². The van der Waals surface area contributed by atoms with E-state index in [1.165, 1.54) is 11.3 Å². The first-order chi connectivity index (χ1) is 11.4. The van der Waals surface area contributed by atoms with Crippen LogP contribution in [0.3, 0.4) is 0 Å². The second-order valence-electron chi connectivity index (χ2n) is 5.38. The highest BCUT2D eigenvalue weighted by Gasteiger charge is 2.39. The number of alkyl halides is 3. The van der Waals surface area contributed by atoms with Crippen LogP contribution in [0.4, 0.5) is 18.3 Å². The molecule has 2 aromatic rings. The molecule has 0 aliphatic carbocycles. The number of piperidine rings is 1. The number of rotatable bonds is 4. The first kappa shape index (κ1) is 16.8. The molecule has 3 heterocycles. The lowest BCUT2D eigenvalue weighted by atomic mass is 9.97. The van der Waals surface area contributed by atoms with E-state index in [0.717, 1.165) is 0 Å². The summed E-state index contributed by atoms with van der Waals surface area (Å²) in [5, 5.41) is 11.5. The van der Waals surface area contributed by atoms with Gasteiger partial charge in [0.1, 0.15) is 0 Å². The van der Waals surface area contributed by atoms with Gasteiger partial charge in [-0.25, -0.2) is 4.98 Å². The molecule has 11 heteroatoms. The minimum atomic E-state index is -4.63. The molecule has 130 valence electrons. The summed E-state index contributed by atoms with van der Waals surface area (Å²) < 4.78 is 42.2. The van der Waals surface area contributed by atoms with Gasteiger partial charge in [-0.2, -0.15) is 13.2 Å². The number of likely N-dealkylation sites (tertiary alicyclic amines) is 1. The lowest BCUT2D eigenvalue weighted by Crippen LogP contribution is -2.38. The van der Waals surface area contributed by atoms with Gasteiger partial charge < -0.3 is 9.73 Å². The number of nitrogens with one attached hydrogen (secondary N) is 1. The van der Waals surface area contributed by atoms with Crippen molar-refractivity contribution in [2.75, 3.05) is 25.0 Å². The molecule has 7 nitrogen and oxygen atoms in total. The maximum Gasteiger partial charge on any atom is 0.470 e. The molecule has 0 aromatic carbocycles. The summed E-state index contributed by atoms with van der Waals surface area (Å²) >= 11 is 1.33. The second kappa shape index (κ2) is 6.85. The maximum atomic E-state index is 12.5. The Labute approximate surface area is 138 Å². The summed E-state index contributed by atoms with van der Waals surface area (Å²) in [6.07, 6.45) is -1.90. The van der Waals surface area contributed by atoms with Crippen LogP contribution in [0.1, 0.15) is 30.5 Å². The van der Waals surface area contributed by atoms with Crippen molar-refractivity contribution in [1.82, 2.24) is 20.1 Å². The molecule has 0 bridgehead atoms. The molecular weight excluding hydrogens is 347 g/mol. The van der Waals surface area contributed by atoms with E-state index in [0.29, 0.717) is 31.1 Å². The lowest BCUT2D eigenvalue weighted by molar-refractivity contribution is -0.157. The molecule has 24 heavy (non-hydrogen) atoms.